The van der Waals surface area contributed by atoms with Gasteiger partial charge >= 0.3 is 11.9 Å². The summed E-state index contributed by atoms with van der Waals surface area (Å²) < 4.78 is 7.27. The Labute approximate surface area is 228 Å². The Morgan fingerprint density at radius 3 is 2.08 bits per heavy atom. The van der Waals surface area contributed by atoms with Gasteiger partial charge in [0.15, 0.2) is 5.78 Å². The first-order chi connectivity index (χ1) is 18.3. The van der Waals surface area contributed by atoms with Crippen LogP contribution in [0.4, 0.5) is 0 Å². The maximum atomic E-state index is 13.3. The third-order valence-corrected chi connectivity index (χ3v) is 7.04. The van der Waals surface area contributed by atoms with Gasteiger partial charge in [-0.1, -0.05) is 82.6 Å². The lowest BCUT2D eigenvalue weighted by molar-refractivity contribution is -0.142. The van der Waals surface area contributed by atoms with E-state index in [4.69, 9.17) is 9.84 Å². The molecule has 0 fully saturated rings. The van der Waals surface area contributed by atoms with Crippen molar-refractivity contribution in [2.75, 3.05) is 6.61 Å². The van der Waals surface area contributed by atoms with Crippen molar-refractivity contribution in [2.45, 2.75) is 105 Å². The fourth-order valence-electron chi connectivity index (χ4n) is 4.96. The molecule has 1 heterocycles. The summed E-state index contributed by atoms with van der Waals surface area (Å²) in [7, 11) is 0. The smallest absolute Gasteiger partial charge is 0.328 e. The summed E-state index contributed by atoms with van der Waals surface area (Å²) in [6.07, 6.45) is 14.2. The van der Waals surface area contributed by atoms with Crippen molar-refractivity contribution in [3.63, 3.8) is 0 Å². The van der Waals surface area contributed by atoms with Gasteiger partial charge in [0.1, 0.15) is 0 Å². The number of unbranched alkanes of at least 4 members (excludes halogenated alkanes) is 8. The molecule has 0 aliphatic carbocycles. The molecule has 0 saturated heterocycles. The number of hydrogen-bond acceptors (Lipinski definition) is 4. The van der Waals surface area contributed by atoms with E-state index >= 15 is 0 Å². The number of esters is 1. The average Bonchev–Trinajstić information content (AvgIpc) is 3.11. The molecule has 6 heteroatoms. The second-order valence-corrected chi connectivity index (χ2v) is 10.0. The van der Waals surface area contributed by atoms with Gasteiger partial charge in [-0.3, -0.25) is 9.59 Å². The molecule has 2 aromatic rings. The molecule has 0 radical (unpaired) electrons. The number of hydrogen-bond donors (Lipinski definition) is 1. The first-order valence-electron chi connectivity index (χ1n) is 14.2. The van der Waals surface area contributed by atoms with Gasteiger partial charge in [0, 0.05) is 36.0 Å². The highest BCUT2D eigenvalue weighted by Crippen LogP contribution is 2.27. The summed E-state index contributed by atoms with van der Waals surface area (Å²) in [6.45, 7) is 8.73. The fraction of sp³-hybridized carbons (Fsp3) is 0.531. The Morgan fingerprint density at radius 1 is 0.895 bits per heavy atom. The Bertz CT molecular complexity index is 1080. The van der Waals surface area contributed by atoms with Gasteiger partial charge in [0.2, 0.25) is 0 Å². The summed E-state index contributed by atoms with van der Waals surface area (Å²) in [5.74, 6) is -1.15. The number of aromatic nitrogens is 1. The van der Waals surface area contributed by atoms with E-state index in [1.807, 2.05) is 38.1 Å². The molecular weight excluding hydrogens is 478 g/mol. The molecule has 6 nitrogen and oxygen atoms in total. The van der Waals surface area contributed by atoms with Gasteiger partial charge in [0.25, 0.3) is 0 Å². The van der Waals surface area contributed by atoms with Crippen LogP contribution < -0.4 is 0 Å². The average molecular weight is 524 g/mol. The van der Waals surface area contributed by atoms with Crippen molar-refractivity contribution in [2.24, 2.45) is 0 Å². The first-order valence-corrected chi connectivity index (χ1v) is 14.2. The Kier molecular flexibility index (Phi) is 13.6. The predicted molar refractivity (Wildman–Crippen MR) is 153 cm³/mol. The van der Waals surface area contributed by atoms with Crippen LogP contribution in [0.2, 0.25) is 0 Å². The minimum Gasteiger partial charge on any atom is -0.478 e. The molecule has 0 atom stereocenters. The number of rotatable bonds is 18. The van der Waals surface area contributed by atoms with Crippen molar-refractivity contribution in [1.29, 1.82) is 0 Å². The molecule has 208 valence electrons. The monoisotopic (exact) mass is 523 g/mol. The number of ketones is 1. The van der Waals surface area contributed by atoms with Gasteiger partial charge in [-0.15, -0.1) is 0 Å². The SMILES string of the molecule is CCCCCCCCCCCC(=O)c1c(C)c(CC(=O)OCC)n(Cc2ccc(/C=C/C(=O)O)cc2)c1C. The topological polar surface area (TPSA) is 85.6 Å². The molecule has 0 unspecified atom stereocenters. The zero-order valence-corrected chi connectivity index (χ0v) is 23.7. The van der Waals surface area contributed by atoms with Gasteiger partial charge in [0.05, 0.1) is 13.0 Å². The van der Waals surface area contributed by atoms with Gasteiger partial charge in [-0.2, -0.15) is 0 Å². The van der Waals surface area contributed by atoms with Gasteiger partial charge in [-0.25, -0.2) is 4.79 Å². The molecule has 1 aromatic carbocycles. The normalized spacial score (nSPS) is 11.3. The maximum Gasteiger partial charge on any atom is 0.328 e. The van der Waals surface area contributed by atoms with E-state index in [1.165, 1.54) is 44.9 Å². The highest BCUT2D eigenvalue weighted by molar-refractivity contribution is 5.99. The van der Waals surface area contributed by atoms with Crippen LogP contribution in [0.25, 0.3) is 6.08 Å². The lowest BCUT2D eigenvalue weighted by atomic mass is 9.99. The molecule has 0 aliphatic heterocycles. The Hall–Kier alpha value is -3.15. The van der Waals surface area contributed by atoms with Crippen LogP contribution in [0.5, 0.6) is 0 Å². The zero-order valence-electron chi connectivity index (χ0n) is 23.7. The lowest BCUT2D eigenvalue weighted by Gasteiger charge is -2.13. The molecule has 0 amide bonds. The van der Waals surface area contributed by atoms with Crippen LogP contribution in [-0.4, -0.2) is 34.0 Å². The van der Waals surface area contributed by atoms with E-state index in [-0.39, 0.29) is 18.2 Å². The number of carbonyl (C=O) groups excluding carboxylic acids is 2. The Morgan fingerprint density at radius 2 is 1.50 bits per heavy atom. The summed E-state index contributed by atoms with van der Waals surface area (Å²) in [4.78, 5) is 36.5. The number of carbonyl (C=O) groups is 3. The minimum absolute atomic E-state index is 0.116. The quantitative estimate of drug-likeness (QED) is 0.0948. The van der Waals surface area contributed by atoms with E-state index in [1.54, 1.807) is 13.0 Å². The zero-order chi connectivity index (χ0) is 27.9. The first kappa shape index (κ1) is 31.1. The molecular formula is C32H45NO5. The van der Waals surface area contributed by atoms with Crippen molar-refractivity contribution in [1.82, 2.24) is 4.57 Å². The number of nitrogens with zero attached hydrogens (tertiary/aromatic N) is 1. The predicted octanol–water partition coefficient (Wildman–Crippen LogP) is 7.46. The molecule has 2 rings (SSSR count). The molecule has 38 heavy (non-hydrogen) atoms. The van der Waals surface area contributed by atoms with Crippen molar-refractivity contribution in [3.05, 3.63) is 64.0 Å². The van der Waals surface area contributed by atoms with Gasteiger partial charge in [-0.05, 0) is 50.0 Å². The van der Waals surface area contributed by atoms with Crippen LogP contribution >= 0.6 is 0 Å². The van der Waals surface area contributed by atoms with Crippen molar-refractivity contribution >= 4 is 23.8 Å². The van der Waals surface area contributed by atoms with Crippen LogP contribution in [0.1, 0.15) is 116 Å². The highest BCUT2D eigenvalue weighted by Gasteiger charge is 2.24. The minimum atomic E-state index is -0.990. The second-order valence-electron chi connectivity index (χ2n) is 10.0. The second kappa shape index (κ2) is 16.6. The van der Waals surface area contributed by atoms with Crippen molar-refractivity contribution < 1.29 is 24.2 Å². The maximum absolute atomic E-state index is 13.3. The van der Waals surface area contributed by atoms with E-state index in [0.29, 0.717) is 19.6 Å². The summed E-state index contributed by atoms with van der Waals surface area (Å²) >= 11 is 0. The number of carboxylic acids is 1. The number of ether oxygens (including phenoxy) is 1. The van der Waals surface area contributed by atoms with Crippen LogP contribution in [-0.2, 0) is 27.3 Å². The molecule has 0 aliphatic rings. The molecule has 1 N–H and O–H groups in total. The van der Waals surface area contributed by atoms with Crippen molar-refractivity contribution in [3.8, 4) is 0 Å². The third kappa shape index (κ3) is 9.96. The number of aliphatic carboxylic acids is 1. The third-order valence-electron chi connectivity index (χ3n) is 7.04. The largest absolute Gasteiger partial charge is 0.478 e. The summed E-state index contributed by atoms with van der Waals surface area (Å²) in [5.41, 5.74) is 5.06. The lowest BCUT2D eigenvalue weighted by Crippen LogP contribution is -2.14. The number of carboxylic acid groups (broad SMARTS) is 1. The van der Waals surface area contributed by atoms with E-state index < -0.39 is 5.97 Å². The van der Waals surface area contributed by atoms with E-state index in [0.717, 1.165) is 52.6 Å². The number of benzene rings is 1. The van der Waals surface area contributed by atoms with Crippen LogP contribution in [0, 0.1) is 13.8 Å². The highest BCUT2D eigenvalue weighted by atomic mass is 16.5. The van der Waals surface area contributed by atoms with E-state index in [2.05, 4.69) is 11.5 Å². The van der Waals surface area contributed by atoms with Gasteiger partial charge < -0.3 is 14.4 Å². The standard InChI is InChI=1S/C32H45NO5/c1-5-7-8-9-10-11-12-13-14-15-29(34)32-24(3)28(22-31(37)38-6-2)33(25(32)4)23-27-18-16-26(17-19-27)20-21-30(35)36/h16-21H,5-15,22-23H2,1-4H3,(H,35,36)/b21-20+. The molecule has 1 aromatic heterocycles. The van der Waals surface area contributed by atoms with Crippen LogP contribution in [0.15, 0.2) is 30.3 Å². The van der Waals surface area contributed by atoms with Crippen LogP contribution in [0.3, 0.4) is 0 Å². The Balaban J connectivity index is 2.13. The molecule has 0 bridgehead atoms. The summed E-state index contributed by atoms with van der Waals surface area (Å²) in [5, 5.41) is 8.84. The molecule has 0 saturated carbocycles. The number of Topliss-reactive ketones (excluding diaryl/α,β-unsaturated/α-hetero) is 1. The molecule has 0 spiro atoms. The fourth-order valence-corrected chi connectivity index (χ4v) is 4.96. The summed E-state index contributed by atoms with van der Waals surface area (Å²) in [6, 6.07) is 7.60. The van der Waals surface area contributed by atoms with E-state index in [9.17, 15) is 14.4 Å².